The predicted molar refractivity (Wildman–Crippen MR) is 102 cm³/mol. The van der Waals surface area contributed by atoms with Gasteiger partial charge in [0.15, 0.2) is 0 Å². The molecule has 0 amide bonds. The second-order valence-electron chi connectivity index (χ2n) is 6.03. The highest BCUT2D eigenvalue weighted by Gasteiger charge is 2.31. The quantitative estimate of drug-likeness (QED) is 0.263. The van der Waals surface area contributed by atoms with Gasteiger partial charge in [-0.25, -0.2) is 0 Å². The molecule has 3 rings (SSSR count). The summed E-state index contributed by atoms with van der Waals surface area (Å²) in [7, 11) is -1.47. The van der Waals surface area contributed by atoms with E-state index in [9.17, 15) is 26.3 Å². The fourth-order valence-electron chi connectivity index (χ4n) is 2.52. The summed E-state index contributed by atoms with van der Waals surface area (Å²) in [6.07, 6.45) is -8.93. The van der Waals surface area contributed by atoms with E-state index in [2.05, 4.69) is 11.6 Å². The Morgan fingerprint density at radius 3 is 1.34 bits per heavy atom. The molecular weight excluding hydrogens is 409 g/mol. The summed E-state index contributed by atoms with van der Waals surface area (Å²) < 4.78 is 77.0. The van der Waals surface area contributed by atoms with Crippen LogP contribution in [0.4, 0.5) is 26.3 Å². The van der Waals surface area contributed by atoms with Gasteiger partial charge in [0.25, 0.3) is 0 Å². The number of hydrogen-bond donors (Lipinski definition) is 0. The van der Waals surface area contributed by atoms with E-state index >= 15 is 0 Å². The normalized spacial score (nSPS) is 11.8. The van der Waals surface area contributed by atoms with Gasteiger partial charge >= 0.3 is 12.4 Å². The molecule has 0 bridgehead atoms. The zero-order valence-electron chi connectivity index (χ0n) is 14.7. The monoisotopic (exact) mass is 422 g/mol. The van der Waals surface area contributed by atoms with Crippen molar-refractivity contribution in [1.29, 1.82) is 0 Å². The highest BCUT2D eigenvalue weighted by molar-refractivity contribution is 7.77. The Morgan fingerprint density at radius 1 is 0.552 bits per heavy atom. The molecule has 0 spiro atoms. The summed E-state index contributed by atoms with van der Waals surface area (Å²) in [5, 5.41) is 1.05. The smallest absolute Gasteiger partial charge is 0.166 e. The van der Waals surface area contributed by atoms with Crippen LogP contribution in [0, 0.1) is 11.6 Å². The van der Waals surface area contributed by atoms with Gasteiger partial charge in [0.2, 0.25) is 0 Å². The van der Waals surface area contributed by atoms with Crippen LogP contribution in [0.1, 0.15) is 16.7 Å². The third-order valence-corrected chi connectivity index (χ3v) is 5.96. The van der Waals surface area contributed by atoms with Gasteiger partial charge < -0.3 is 0 Å². The van der Waals surface area contributed by atoms with Gasteiger partial charge in [-0.05, 0) is 47.0 Å². The van der Waals surface area contributed by atoms with Gasteiger partial charge in [-0.15, -0.1) is 0 Å². The lowest BCUT2D eigenvalue weighted by molar-refractivity contribution is -0.138. The van der Waals surface area contributed by atoms with Crippen LogP contribution in [-0.2, 0) is 12.4 Å². The lowest BCUT2D eigenvalue weighted by Crippen LogP contribution is -2.14. The van der Waals surface area contributed by atoms with E-state index in [1.165, 1.54) is 24.3 Å². The van der Waals surface area contributed by atoms with E-state index in [1.807, 2.05) is 6.07 Å². The van der Waals surface area contributed by atoms with Crippen LogP contribution in [0.3, 0.4) is 0 Å². The van der Waals surface area contributed by atoms with Gasteiger partial charge in [-0.2, -0.15) is 26.3 Å². The molecule has 0 atom stereocenters. The molecule has 0 radical (unpaired) electrons. The number of benzene rings is 3. The fourth-order valence-corrected chi connectivity index (χ4v) is 4.21. The van der Waals surface area contributed by atoms with Crippen LogP contribution in [0.2, 0.25) is 0 Å². The molecule has 7 heteroatoms. The molecule has 3 aromatic rings. The van der Waals surface area contributed by atoms with Crippen LogP contribution in [0.5, 0.6) is 0 Å². The molecule has 0 N–H and O–H groups in total. The van der Waals surface area contributed by atoms with Crippen LogP contribution < -0.4 is 10.6 Å². The van der Waals surface area contributed by atoms with Crippen molar-refractivity contribution in [2.75, 3.05) is 0 Å². The number of alkyl halides is 6. The molecule has 3 aromatic carbocycles. The van der Waals surface area contributed by atoms with Crippen LogP contribution in [0.25, 0.3) is 0 Å². The Labute approximate surface area is 164 Å². The molecule has 0 aromatic heterocycles. The van der Waals surface area contributed by atoms with Crippen molar-refractivity contribution < 1.29 is 26.3 Å². The standard InChI is InChI=1S/C22H13F6P/c23-21(24,25)17-6-10-19(11-7-17)29(15-14-16-4-2-1-3-5-16)20-12-8-18(9-13-20)22(26,27)28/h1-13H. The molecule has 0 heterocycles. The molecule has 0 saturated carbocycles. The first-order valence-corrected chi connectivity index (χ1v) is 9.70. The van der Waals surface area contributed by atoms with Crippen LogP contribution >= 0.6 is 7.92 Å². The Kier molecular flexibility index (Phi) is 6.00. The third-order valence-electron chi connectivity index (χ3n) is 3.99. The van der Waals surface area contributed by atoms with Crippen molar-refractivity contribution in [2.24, 2.45) is 0 Å². The van der Waals surface area contributed by atoms with Gasteiger partial charge in [0.05, 0.1) is 11.1 Å². The van der Waals surface area contributed by atoms with Crippen LogP contribution in [-0.4, -0.2) is 0 Å². The summed E-state index contributed by atoms with van der Waals surface area (Å²) in [5.41, 5.74) is 2.16. The molecule has 0 fully saturated rings. The number of halogens is 6. The predicted octanol–water partition coefficient (Wildman–Crippen LogP) is 6.17. The largest absolute Gasteiger partial charge is 0.416 e. The molecule has 0 aliphatic rings. The SMILES string of the molecule is FC(F)(F)c1ccc(P(C#Cc2ccccc2)c2ccc(C(F)(F)F)cc2)cc1. The zero-order valence-corrected chi connectivity index (χ0v) is 15.6. The van der Waals surface area contributed by atoms with Gasteiger partial charge in [0.1, 0.15) is 0 Å². The minimum Gasteiger partial charge on any atom is -0.166 e. The summed E-state index contributed by atoms with van der Waals surface area (Å²) in [4.78, 5) is 0. The van der Waals surface area contributed by atoms with E-state index < -0.39 is 31.4 Å². The Bertz CT molecular complexity index is 950. The van der Waals surface area contributed by atoms with Crippen LogP contribution in [0.15, 0.2) is 78.9 Å². The molecule has 148 valence electrons. The first-order chi connectivity index (χ1) is 13.6. The van der Waals surface area contributed by atoms with Crippen molar-refractivity contribution in [1.82, 2.24) is 0 Å². The number of hydrogen-bond acceptors (Lipinski definition) is 0. The summed E-state index contributed by atoms with van der Waals surface area (Å²) in [6.45, 7) is 0. The molecule has 29 heavy (non-hydrogen) atoms. The second-order valence-corrected chi connectivity index (χ2v) is 7.95. The van der Waals surface area contributed by atoms with Gasteiger partial charge in [-0.1, -0.05) is 54.0 Å². The topological polar surface area (TPSA) is 0 Å². The molecule has 0 saturated heterocycles. The van der Waals surface area contributed by atoms with E-state index in [-0.39, 0.29) is 0 Å². The highest BCUT2D eigenvalue weighted by Crippen LogP contribution is 2.36. The minimum atomic E-state index is -4.47. The molecular formula is C22H13F6P. The Hall–Kier alpha value is -2.77. The molecule has 0 nitrogen and oxygen atoms in total. The Balaban J connectivity index is 2.01. The van der Waals surface area contributed by atoms with Crippen molar-refractivity contribution >= 4 is 18.5 Å². The first-order valence-electron chi connectivity index (χ1n) is 8.36. The number of rotatable bonds is 2. The molecule has 0 unspecified atom stereocenters. The maximum atomic E-state index is 12.8. The summed E-state index contributed by atoms with van der Waals surface area (Å²) in [6, 6.07) is 18.1. The van der Waals surface area contributed by atoms with E-state index in [1.54, 1.807) is 24.3 Å². The van der Waals surface area contributed by atoms with Gasteiger partial charge in [0, 0.05) is 13.5 Å². The van der Waals surface area contributed by atoms with E-state index in [0.717, 1.165) is 24.3 Å². The van der Waals surface area contributed by atoms with Crippen molar-refractivity contribution in [3.05, 3.63) is 95.6 Å². The fraction of sp³-hybridized carbons (Fsp3) is 0.0909. The summed E-state index contributed by atoms with van der Waals surface area (Å²) >= 11 is 0. The van der Waals surface area contributed by atoms with E-state index in [0.29, 0.717) is 16.2 Å². The maximum absolute atomic E-state index is 12.8. The average molecular weight is 422 g/mol. The van der Waals surface area contributed by atoms with Crippen molar-refractivity contribution in [2.45, 2.75) is 12.4 Å². The molecule has 0 aliphatic heterocycles. The van der Waals surface area contributed by atoms with E-state index in [4.69, 9.17) is 0 Å². The Morgan fingerprint density at radius 2 is 0.966 bits per heavy atom. The summed E-state index contributed by atoms with van der Waals surface area (Å²) in [5.74, 6) is 2.97. The first kappa shape index (κ1) is 21.0. The van der Waals surface area contributed by atoms with Crippen molar-refractivity contribution in [3.8, 4) is 11.6 Å². The zero-order chi connectivity index (χ0) is 21.1. The van der Waals surface area contributed by atoms with Gasteiger partial charge in [-0.3, -0.25) is 0 Å². The second kappa shape index (κ2) is 8.31. The third kappa shape index (κ3) is 5.40. The average Bonchev–Trinajstić information content (AvgIpc) is 2.68. The van der Waals surface area contributed by atoms with Crippen molar-refractivity contribution in [3.63, 3.8) is 0 Å². The minimum absolute atomic E-state index is 0.524. The lowest BCUT2D eigenvalue weighted by atomic mass is 10.2. The maximum Gasteiger partial charge on any atom is 0.416 e. The lowest BCUT2D eigenvalue weighted by Gasteiger charge is -2.15. The highest BCUT2D eigenvalue weighted by atomic mass is 31.1. The molecule has 0 aliphatic carbocycles.